The number of ether oxygens (including phenoxy) is 2. The number of terminal acetylenes is 1. The number of nitrogens with one attached hydrogen (secondary N) is 1. The summed E-state index contributed by atoms with van der Waals surface area (Å²) in [4.78, 5) is 11.6. The third-order valence-corrected chi connectivity index (χ3v) is 2.79. The number of nitrogens with zero attached hydrogens (tertiary/aromatic N) is 1. The van der Waals surface area contributed by atoms with Crippen molar-refractivity contribution in [3.05, 3.63) is 23.8 Å². The molecule has 0 fully saturated rings. The molecule has 0 aromatic heterocycles. The SMILES string of the molecule is C#CCOc1ccc(CC(F)C(=O)NC(C)C#N)cc1OC. The third kappa shape index (κ3) is 4.99. The highest BCUT2D eigenvalue weighted by atomic mass is 19.1. The molecule has 0 radical (unpaired) electrons. The number of hydrogen-bond acceptors (Lipinski definition) is 4. The molecule has 116 valence electrons. The summed E-state index contributed by atoms with van der Waals surface area (Å²) in [7, 11) is 1.45. The van der Waals surface area contributed by atoms with E-state index < -0.39 is 18.1 Å². The van der Waals surface area contributed by atoms with Crippen LogP contribution in [0.4, 0.5) is 4.39 Å². The summed E-state index contributed by atoms with van der Waals surface area (Å²) in [5.74, 6) is 2.37. The topological polar surface area (TPSA) is 71.3 Å². The van der Waals surface area contributed by atoms with Crippen LogP contribution in [0.2, 0.25) is 0 Å². The van der Waals surface area contributed by atoms with E-state index in [2.05, 4.69) is 11.2 Å². The first-order valence-corrected chi connectivity index (χ1v) is 6.59. The van der Waals surface area contributed by atoms with Crippen molar-refractivity contribution in [2.45, 2.75) is 25.6 Å². The van der Waals surface area contributed by atoms with E-state index in [0.29, 0.717) is 17.1 Å². The van der Waals surface area contributed by atoms with Gasteiger partial charge in [-0.05, 0) is 24.6 Å². The van der Waals surface area contributed by atoms with Gasteiger partial charge in [0, 0.05) is 6.42 Å². The molecule has 2 unspecified atom stereocenters. The zero-order valence-electron chi connectivity index (χ0n) is 12.4. The minimum absolute atomic E-state index is 0.0932. The van der Waals surface area contributed by atoms with Crippen molar-refractivity contribution in [3.8, 4) is 29.9 Å². The van der Waals surface area contributed by atoms with Crippen molar-refractivity contribution in [2.24, 2.45) is 0 Å². The molecule has 0 aliphatic heterocycles. The molecule has 1 aromatic rings. The Bertz CT molecular complexity index is 604. The normalized spacial score (nSPS) is 12.4. The summed E-state index contributed by atoms with van der Waals surface area (Å²) in [5, 5.41) is 10.9. The maximum absolute atomic E-state index is 13.9. The number of amides is 1. The fourth-order valence-corrected chi connectivity index (χ4v) is 1.71. The second-order valence-electron chi connectivity index (χ2n) is 4.51. The van der Waals surface area contributed by atoms with Crippen molar-refractivity contribution in [1.29, 1.82) is 5.26 Å². The van der Waals surface area contributed by atoms with Crippen molar-refractivity contribution in [3.63, 3.8) is 0 Å². The number of hydrogen-bond donors (Lipinski definition) is 1. The van der Waals surface area contributed by atoms with E-state index >= 15 is 0 Å². The molecule has 1 aromatic carbocycles. The molecule has 1 rings (SSSR count). The molecule has 0 aliphatic carbocycles. The fourth-order valence-electron chi connectivity index (χ4n) is 1.71. The molecule has 2 atom stereocenters. The van der Waals surface area contributed by atoms with Gasteiger partial charge in [-0.3, -0.25) is 4.79 Å². The molecule has 0 saturated heterocycles. The smallest absolute Gasteiger partial charge is 0.255 e. The first-order valence-electron chi connectivity index (χ1n) is 6.59. The predicted octanol–water partition coefficient (Wildman–Crippen LogP) is 1.62. The maximum atomic E-state index is 13.9. The van der Waals surface area contributed by atoms with Crippen LogP contribution in [-0.2, 0) is 11.2 Å². The fraction of sp³-hybridized carbons (Fsp3) is 0.375. The van der Waals surface area contributed by atoms with Crippen molar-refractivity contribution in [1.82, 2.24) is 5.32 Å². The first-order chi connectivity index (χ1) is 10.5. The highest BCUT2D eigenvalue weighted by Crippen LogP contribution is 2.28. The molecule has 0 saturated carbocycles. The van der Waals surface area contributed by atoms with Gasteiger partial charge in [0.15, 0.2) is 17.7 Å². The number of benzene rings is 1. The van der Waals surface area contributed by atoms with E-state index in [1.54, 1.807) is 18.2 Å². The number of methoxy groups -OCH3 is 1. The highest BCUT2D eigenvalue weighted by molar-refractivity contribution is 5.81. The monoisotopic (exact) mass is 304 g/mol. The van der Waals surface area contributed by atoms with E-state index in [1.165, 1.54) is 14.0 Å². The second-order valence-corrected chi connectivity index (χ2v) is 4.51. The lowest BCUT2D eigenvalue weighted by Crippen LogP contribution is -2.38. The first kappa shape index (κ1) is 17.3. The Hall–Kier alpha value is -2.73. The summed E-state index contributed by atoms with van der Waals surface area (Å²) in [6.07, 6.45) is 3.23. The molecule has 6 heteroatoms. The molecule has 5 nitrogen and oxygen atoms in total. The van der Waals surface area contributed by atoms with Gasteiger partial charge in [-0.25, -0.2) is 4.39 Å². The van der Waals surface area contributed by atoms with E-state index in [0.717, 1.165) is 0 Å². The Morgan fingerprint density at radius 1 is 1.50 bits per heavy atom. The van der Waals surface area contributed by atoms with Crippen molar-refractivity contribution in [2.75, 3.05) is 13.7 Å². The van der Waals surface area contributed by atoms with Crippen LogP contribution in [0.25, 0.3) is 0 Å². The molecule has 0 bridgehead atoms. The molecule has 0 spiro atoms. The molecule has 0 aliphatic rings. The number of carbonyl (C=O) groups excluding carboxylic acids is 1. The predicted molar refractivity (Wildman–Crippen MR) is 79.1 cm³/mol. The number of nitriles is 1. The van der Waals surface area contributed by atoms with Gasteiger partial charge in [0.1, 0.15) is 12.6 Å². The lowest BCUT2D eigenvalue weighted by Gasteiger charge is -2.13. The molecule has 22 heavy (non-hydrogen) atoms. The minimum atomic E-state index is -1.75. The summed E-state index contributed by atoms with van der Waals surface area (Å²) < 4.78 is 24.3. The van der Waals surface area contributed by atoms with Gasteiger partial charge in [-0.15, -0.1) is 6.42 Å². The van der Waals surface area contributed by atoms with Gasteiger partial charge >= 0.3 is 0 Å². The van der Waals surface area contributed by atoms with Gasteiger partial charge < -0.3 is 14.8 Å². The van der Waals surface area contributed by atoms with Crippen molar-refractivity contribution < 1.29 is 18.7 Å². The van der Waals surface area contributed by atoms with Crippen LogP contribution in [0.1, 0.15) is 12.5 Å². The summed E-state index contributed by atoms with van der Waals surface area (Å²) in [5.41, 5.74) is 0.567. The molecule has 1 amide bonds. The maximum Gasteiger partial charge on any atom is 0.255 e. The van der Waals surface area contributed by atoms with Crippen LogP contribution < -0.4 is 14.8 Å². The van der Waals surface area contributed by atoms with Crippen LogP contribution in [0.15, 0.2) is 18.2 Å². The standard InChI is InChI=1S/C16H17FN2O3/c1-4-7-22-14-6-5-12(9-15(14)21-3)8-13(17)16(20)19-11(2)10-18/h1,5-6,9,11,13H,7-8H2,2-3H3,(H,19,20). The van der Waals surface area contributed by atoms with Crippen LogP contribution >= 0.6 is 0 Å². The van der Waals surface area contributed by atoms with E-state index in [9.17, 15) is 9.18 Å². The lowest BCUT2D eigenvalue weighted by molar-refractivity contribution is -0.126. The van der Waals surface area contributed by atoms with Crippen LogP contribution in [-0.4, -0.2) is 31.8 Å². The lowest BCUT2D eigenvalue weighted by atomic mass is 10.1. The largest absolute Gasteiger partial charge is 0.493 e. The Labute approximate surface area is 129 Å². The van der Waals surface area contributed by atoms with E-state index in [-0.39, 0.29) is 13.0 Å². The van der Waals surface area contributed by atoms with Crippen molar-refractivity contribution >= 4 is 5.91 Å². The van der Waals surface area contributed by atoms with Gasteiger partial charge in [0.2, 0.25) is 0 Å². The van der Waals surface area contributed by atoms with Gasteiger partial charge in [-0.2, -0.15) is 5.26 Å². The molecule has 1 N–H and O–H groups in total. The summed E-state index contributed by atoms with van der Waals surface area (Å²) in [6, 6.07) is 5.89. The number of halogens is 1. The van der Waals surface area contributed by atoms with E-state index in [4.69, 9.17) is 21.2 Å². The quantitative estimate of drug-likeness (QED) is 0.777. The zero-order chi connectivity index (χ0) is 16.5. The van der Waals surface area contributed by atoms with Crippen LogP contribution in [0.3, 0.4) is 0 Å². The second kappa shape index (κ2) is 8.53. The highest BCUT2D eigenvalue weighted by Gasteiger charge is 2.20. The third-order valence-electron chi connectivity index (χ3n) is 2.79. The average molecular weight is 304 g/mol. The zero-order valence-corrected chi connectivity index (χ0v) is 12.4. The van der Waals surface area contributed by atoms with Gasteiger partial charge in [0.05, 0.1) is 13.2 Å². The minimum Gasteiger partial charge on any atom is -0.493 e. The Kier molecular flexibility index (Phi) is 6.72. The van der Waals surface area contributed by atoms with Crippen LogP contribution in [0.5, 0.6) is 11.5 Å². The Balaban J connectivity index is 2.75. The molecular formula is C16H17FN2O3. The summed E-state index contributed by atoms with van der Waals surface area (Å²) >= 11 is 0. The number of alkyl halides is 1. The number of rotatable bonds is 7. The van der Waals surface area contributed by atoms with Gasteiger partial charge in [-0.1, -0.05) is 12.0 Å². The Morgan fingerprint density at radius 3 is 2.82 bits per heavy atom. The summed E-state index contributed by atoms with van der Waals surface area (Å²) in [6.45, 7) is 1.57. The van der Waals surface area contributed by atoms with Gasteiger partial charge in [0.25, 0.3) is 5.91 Å². The molecule has 0 heterocycles. The van der Waals surface area contributed by atoms with E-state index in [1.807, 2.05) is 6.07 Å². The number of carbonyl (C=O) groups is 1. The average Bonchev–Trinajstić information content (AvgIpc) is 2.53. The van der Waals surface area contributed by atoms with Crippen LogP contribution in [0, 0.1) is 23.7 Å². The molecular weight excluding hydrogens is 287 g/mol. The Morgan fingerprint density at radius 2 is 2.23 bits per heavy atom.